The van der Waals surface area contributed by atoms with Crippen LogP contribution in [0.25, 0.3) is 0 Å². The fourth-order valence-corrected chi connectivity index (χ4v) is 5.85. The van der Waals surface area contributed by atoms with Gasteiger partial charge in [0.25, 0.3) is 0 Å². The first kappa shape index (κ1) is 23.5. The maximum Gasteiger partial charge on any atom is 0.410 e. The van der Waals surface area contributed by atoms with E-state index in [0.717, 1.165) is 70.8 Å². The number of hydrogen-bond acceptors (Lipinski definition) is 7. The number of anilines is 1. The number of carbonyl (C=O) groups excluding carboxylic acids is 1. The van der Waals surface area contributed by atoms with Crippen LogP contribution in [0.4, 0.5) is 10.5 Å². The molecule has 5 rings (SSSR count). The van der Waals surface area contributed by atoms with Gasteiger partial charge in [-0.1, -0.05) is 36.4 Å². The Morgan fingerprint density at radius 3 is 2.41 bits per heavy atom. The Labute approximate surface area is 206 Å². The van der Waals surface area contributed by atoms with Crippen molar-refractivity contribution in [2.75, 3.05) is 57.3 Å². The van der Waals surface area contributed by atoms with Crippen molar-refractivity contribution in [1.82, 2.24) is 14.1 Å². The zero-order chi connectivity index (χ0) is 23.3. The lowest BCUT2D eigenvalue weighted by Crippen LogP contribution is -2.64. The Bertz CT molecular complexity index is 939. The van der Waals surface area contributed by atoms with Crippen LogP contribution in [0.5, 0.6) is 0 Å². The molecule has 0 aromatic heterocycles. The molecule has 0 spiro atoms. The number of piperidine rings is 1. The number of likely N-dealkylation sites (tertiary alicyclic amines) is 1. The van der Waals surface area contributed by atoms with Crippen LogP contribution in [0.2, 0.25) is 0 Å². The molecule has 0 radical (unpaired) electrons. The molecule has 182 valence electrons. The molecule has 8 heteroatoms. The van der Waals surface area contributed by atoms with E-state index < -0.39 is 0 Å². The van der Waals surface area contributed by atoms with E-state index in [1.165, 1.54) is 10.6 Å². The highest BCUT2D eigenvalue weighted by atomic mass is 32.2. The van der Waals surface area contributed by atoms with Crippen molar-refractivity contribution in [2.24, 2.45) is 5.73 Å². The summed E-state index contributed by atoms with van der Waals surface area (Å²) in [6.45, 7) is 8.07. The molecule has 1 amide bonds. The van der Waals surface area contributed by atoms with Crippen LogP contribution in [0, 0.1) is 0 Å². The van der Waals surface area contributed by atoms with E-state index >= 15 is 0 Å². The average Bonchev–Trinajstić information content (AvgIpc) is 2.85. The zero-order valence-electron chi connectivity index (χ0n) is 19.7. The van der Waals surface area contributed by atoms with Crippen LogP contribution in [-0.4, -0.2) is 84.6 Å². The van der Waals surface area contributed by atoms with Gasteiger partial charge in [0.15, 0.2) is 0 Å². The maximum atomic E-state index is 12.3. The van der Waals surface area contributed by atoms with Gasteiger partial charge >= 0.3 is 6.09 Å². The third kappa shape index (κ3) is 5.86. The van der Waals surface area contributed by atoms with Crippen LogP contribution in [0.1, 0.15) is 18.4 Å². The molecular formula is C26H35N5O2S. The fourth-order valence-electron chi connectivity index (χ4n) is 4.84. The summed E-state index contributed by atoms with van der Waals surface area (Å²) in [5.74, 6) is 0. The van der Waals surface area contributed by atoms with E-state index in [2.05, 4.69) is 38.4 Å². The molecule has 0 bridgehead atoms. The minimum absolute atomic E-state index is 0.205. The lowest BCUT2D eigenvalue weighted by molar-refractivity contribution is 0.0168. The first-order valence-corrected chi connectivity index (χ1v) is 13.1. The first-order chi connectivity index (χ1) is 16.6. The van der Waals surface area contributed by atoms with Crippen LogP contribution in [0.15, 0.2) is 59.5 Å². The molecule has 3 heterocycles. The molecule has 7 nitrogen and oxygen atoms in total. The van der Waals surface area contributed by atoms with E-state index in [4.69, 9.17) is 10.5 Å². The number of hydrogen-bond donors (Lipinski definition) is 1. The number of ether oxygens (including phenoxy) is 1. The summed E-state index contributed by atoms with van der Waals surface area (Å²) >= 11 is 1.86. The third-order valence-corrected chi connectivity index (χ3v) is 8.16. The van der Waals surface area contributed by atoms with Crippen LogP contribution in [0.3, 0.4) is 0 Å². The normalized spacial score (nSPS) is 20.9. The monoisotopic (exact) mass is 481 g/mol. The number of carbonyl (C=O) groups is 1. The predicted octanol–water partition coefficient (Wildman–Crippen LogP) is 3.26. The van der Waals surface area contributed by atoms with E-state index in [1.807, 2.05) is 47.2 Å². The number of rotatable bonds is 6. The quantitative estimate of drug-likeness (QED) is 0.636. The second-order valence-electron chi connectivity index (χ2n) is 9.48. The minimum Gasteiger partial charge on any atom is -0.445 e. The molecule has 0 unspecified atom stereocenters. The highest BCUT2D eigenvalue weighted by Crippen LogP contribution is 2.30. The van der Waals surface area contributed by atoms with Gasteiger partial charge in [-0.05, 0) is 48.6 Å². The van der Waals surface area contributed by atoms with Gasteiger partial charge in [-0.15, -0.1) is 0 Å². The number of benzene rings is 2. The first-order valence-electron chi connectivity index (χ1n) is 12.4. The summed E-state index contributed by atoms with van der Waals surface area (Å²) in [5, 5.41) is 0. The molecular weight excluding hydrogens is 446 g/mol. The van der Waals surface area contributed by atoms with Crippen molar-refractivity contribution in [2.45, 2.75) is 36.4 Å². The third-order valence-electron chi connectivity index (χ3n) is 7.07. The van der Waals surface area contributed by atoms with Gasteiger partial charge in [-0.3, -0.25) is 4.90 Å². The molecule has 2 N–H and O–H groups in total. The van der Waals surface area contributed by atoms with Gasteiger partial charge in [-0.2, -0.15) is 0 Å². The van der Waals surface area contributed by atoms with Crippen molar-refractivity contribution in [3.8, 4) is 0 Å². The zero-order valence-corrected chi connectivity index (χ0v) is 20.5. The summed E-state index contributed by atoms with van der Waals surface area (Å²) < 4.78 is 7.90. The number of amides is 1. The van der Waals surface area contributed by atoms with E-state index in [9.17, 15) is 4.79 Å². The lowest BCUT2D eigenvalue weighted by atomic mass is 10.1. The standard InChI is InChI=1S/C26H35N5O2S/c27-22-9-11-31(12-10-22)34-25-8-4-7-23(17-25)28-13-15-29(16-14-28)24-18-30(19-24)26(32)33-20-21-5-2-1-3-6-21/h1-8,17,22,24H,9-16,18-20,27H2. The highest BCUT2D eigenvalue weighted by molar-refractivity contribution is 7.97. The van der Waals surface area contributed by atoms with Crippen LogP contribution >= 0.6 is 11.9 Å². The lowest BCUT2D eigenvalue weighted by Gasteiger charge is -2.47. The SMILES string of the molecule is NC1CCN(Sc2cccc(N3CCN(C4CN(C(=O)OCc5ccccc5)C4)CC3)c2)CC1. The molecule has 0 aliphatic carbocycles. The number of nitrogens with two attached hydrogens (primary N) is 1. The summed E-state index contributed by atoms with van der Waals surface area (Å²) in [5.41, 5.74) is 8.37. The van der Waals surface area contributed by atoms with Gasteiger partial charge < -0.3 is 20.3 Å². The minimum atomic E-state index is -0.205. The highest BCUT2D eigenvalue weighted by Gasteiger charge is 2.37. The van der Waals surface area contributed by atoms with Crippen molar-refractivity contribution >= 4 is 23.7 Å². The summed E-state index contributed by atoms with van der Waals surface area (Å²) in [4.78, 5) is 20.4. The molecule has 3 saturated heterocycles. The molecule has 0 atom stereocenters. The van der Waals surface area contributed by atoms with E-state index in [1.54, 1.807) is 0 Å². The molecule has 34 heavy (non-hydrogen) atoms. The van der Waals surface area contributed by atoms with Crippen LogP contribution in [-0.2, 0) is 11.3 Å². The molecule has 0 saturated carbocycles. The van der Waals surface area contributed by atoms with Crippen LogP contribution < -0.4 is 10.6 Å². The topological polar surface area (TPSA) is 65.3 Å². The predicted molar refractivity (Wildman–Crippen MR) is 137 cm³/mol. The summed E-state index contributed by atoms with van der Waals surface area (Å²) in [6.07, 6.45) is 1.96. The Morgan fingerprint density at radius 2 is 1.68 bits per heavy atom. The van der Waals surface area contributed by atoms with Crippen molar-refractivity contribution in [3.63, 3.8) is 0 Å². The average molecular weight is 482 g/mol. The Kier molecular flexibility index (Phi) is 7.59. The van der Waals surface area contributed by atoms with Gasteiger partial charge in [0.2, 0.25) is 0 Å². The number of nitrogens with zero attached hydrogens (tertiary/aromatic N) is 4. The Balaban J connectivity index is 1.04. The van der Waals surface area contributed by atoms with Crippen molar-refractivity contribution < 1.29 is 9.53 Å². The fraction of sp³-hybridized carbons (Fsp3) is 0.500. The molecule has 3 fully saturated rings. The maximum absolute atomic E-state index is 12.3. The summed E-state index contributed by atoms with van der Waals surface area (Å²) in [7, 11) is 0. The van der Waals surface area contributed by atoms with Crippen molar-refractivity contribution in [3.05, 3.63) is 60.2 Å². The second kappa shape index (κ2) is 11.0. The van der Waals surface area contributed by atoms with Crippen molar-refractivity contribution in [1.29, 1.82) is 0 Å². The van der Waals surface area contributed by atoms with Gasteiger partial charge in [-0.25, -0.2) is 9.10 Å². The smallest absolute Gasteiger partial charge is 0.410 e. The molecule has 2 aromatic carbocycles. The molecule has 2 aromatic rings. The van der Waals surface area contributed by atoms with Gasteiger partial charge in [0.05, 0.1) is 0 Å². The summed E-state index contributed by atoms with van der Waals surface area (Å²) in [6, 6.07) is 19.6. The van der Waals surface area contributed by atoms with Gasteiger partial charge in [0, 0.05) is 75.0 Å². The second-order valence-corrected chi connectivity index (χ2v) is 10.6. The molecule has 3 aliphatic heterocycles. The van der Waals surface area contributed by atoms with E-state index in [-0.39, 0.29) is 6.09 Å². The number of piperazine rings is 1. The van der Waals surface area contributed by atoms with Gasteiger partial charge in [0.1, 0.15) is 6.61 Å². The van der Waals surface area contributed by atoms with E-state index in [0.29, 0.717) is 18.7 Å². The molecule has 3 aliphatic rings. The Hall–Kier alpha value is -2.26. The largest absolute Gasteiger partial charge is 0.445 e. The Morgan fingerprint density at radius 1 is 0.941 bits per heavy atom.